The number of hydrogen-bond acceptors (Lipinski definition) is 1. The number of rotatable bonds is 2. The van der Waals surface area contributed by atoms with Crippen molar-refractivity contribution in [1.82, 2.24) is 5.32 Å². The third kappa shape index (κ3) is 4.30. The van der Waals surface area contributed by atoms with Gasteiger partial charge in [-0.25, -0.2) is 0 Å². The molecule has 68 valence electrons. The van der Waals surface area contributed by atoms with Crippen LogP contribution < -0.4 is 5.32 Å². The van der Waals surface area contributed by atoms with Crippen molar-refractivity contribution >= 4 is 0 Å². The van der Waals surface area contributed by atoms with Gasteiger partial charge in [-0.05, 0) is 20.8 Å². The zero-order valence-electron chi connectivity index (χ0n) is 7.83. The van der Waals surface area contributed by atoms with E-state index < -0.39 is 17.5 Å². The fourth-order valence-corrected chi connectivity index (χ4v) is 0.644. The van der Waals surface area contributed by atoms with E-state index in [1.807, 2.05) is 0 Å². The fourth-order valence-electron chi connectivity index (χ4n) is 0.644. The van der Waals surface area contributed by atoms with Gasteiger partial charge in [0, 0.05) is 11.5 Å². The zero-order valence-corrected chi connectivity index (χ0v) is 7.83. The van der Waals surface area contributed by atoms with Gasteiger partial charge in [0.15, 0.2) is 0 Å². The summed E-state index contributed by atoms with van der Waals surface area (Å²) in [6, 6.07) is -2.77. The maximum atomic E-state index is 12.9. The highest BCUT2D eigenvalue weighted by molar-refractivity contribution is 4.78. The molecular weight excluding hydrogens is 148 g/mol. The molecule has 0 bridgehead atoms. The van der Waals surface area contributed by atoms with Gasteiger partial charge in [-0.1, -0.05) is 13.8 Å². The van der Waals surface area contributed by atoms with E-state index in [0.29, 0.717) is 0 Å². The molecule has 3 heteroatoms. The van der Waals surface area contributed by atoms with Gasteiger partial charge in [0.1, 0.15) is 0 Å². The average Bonchev–Trinajstić information content (AvgIpc) is 1.56. The van der Waals surface area contributed by atoms with Crippen LogP contribution in [0.4, 0.5) is 8.78 Å². The second-order valence-electron chi connectivity index (χ2n) is 4.15. The largest absolute Gasteiger partial charge is 0.305 e. The molecule has 0 spiro atoms. The minimum Gasteiger partial charge on any atom is -0.253 e. The van der Waals surface area contributed by atoms with Gasteiger partial charge in [0.05, 0.1) is 0 Å². The van der Waals surface area contributed by atoms with Crippen molar-refractivity contribution in [1.29, 1.82) is 0 Å². The Bertz CT molecular complexity index is 125. The topological polar surface area (TPSA) is 12.0 Å². The van der Waals surface area contributed by atoms with Crippen molar-refractivity contribution in [3.63, 3.8) is 0 Å². The van der Waals surface area contributed by atoms with Crippen molar-refractivity contribution in [2.24, 2.45) is 5.92 Å². The Morgan fingerprint density at radius 2 is 1.45 bits per heavy atom. The first-order chi connectivity index (χ1) is 4.65. The summed E-state index contributed by atoms with van der Waals surface area (Å²) in [5.41, 5.74) is -0.534. The van der Waals surface area contributed by atoms with Gasteiger partial charge in [-0.2, -0.15) is 8.78 Å². The summed E-state index contributed by atoms with van der Waals surface area (Å²) < 4.78 is 25.9. The van der Waals surface area contributed by atoms with E-state index in [0.717, 1.165) is 0 Å². The highest BCUT2D eigenvalue weighted by Gasteiger charge is 2.36. The molecule has 0 aromatic heterocycles. The van der Waals surface area contributed by atoms with Crippen LogP contribution in [0.15, 0.2) is 0 Å². The van der Waals surface area contributed by atoms with Crippen molar-refractivity contribution < 1.29 is 8.78 Å². The van der Waals surface area contributed by atoms with Crippen molar-refractivity contribution in [2.75, 3.05) is 0 Å². The highest BCUT2D eigenvalue weighted by atomic mass is 19.3. The molecule has 0 aliphatic heterocycles. The smallest absolute Gasteiger partial charge is 0.253 e. The van der Waals surface area contributed by atoms with Gasteiger partial charge in [-0.15, -0.1) is 0 Å². The van der Waals surface area contributed by atoms with E-state index in [1.54, 1.807) is 20.8 Å². The normalized spacial score (nSPS) is 14.2. The van der Waals surface area contributed by atoms with E-state index in [9.17, 15) is 8.78 Å². The van der Waals surface area contributed by atoms with Crippen LogP contribution in [-0.4, -0.2) is 11.6 Å². The van der Waals surface area contributed by atoms with E-state index in [2.05, 4.69) is 5.32 Å². The molecule has 0 unspecified atom stereocenters. The van der Waals surface area contributed by atoms with Crippen LogP contribution in [0.3, 0.4) is 0 Å². The van der Waals surface area contributed by atoms with Gasteiger partial charge >= 0.3 is 6.05 Å². The first-order valence-electron chi connectivity index (χ1n) is 3.82. The predicted octanol–water partition coefficient (Wildman–Crippen LogP) is 2.62. The Balaban J connectivity index is 4.13. The molecule has 0 saturated heterocycles. The van der Waals surface area contributed by atoms with Gasteiger partial charge < -0.3 is 0 Å². The number of alkyl halides is 2. The highest BCUT2D eigenvalue weighted by Crippen LogP contribution is 2.23. The summed E-state index contributed by atoms with van der Waals surface area (Å²) in [5, 5.41) is 2.26. The second-order valence-corrected chi connectivity index (χ2v) is 4.15. The number of hydrogen-bond donors (Lipinski definition) is 1. The van der Waals surface area contributed by atoms with Crippen molar-refractivity contribution in [2.45, 2.75) is 46.2 Å². The molecular formula is C8H17F2N. The summed E-state index contributed by atoms with van der Waals surface area (Å²) >= 11 is 0. The third-order valence-electron chi connectivity index (χ3n) is 1.27. The monoisotopic (exact) mass is 165 g/mol. The fraction of sp³-hybridized carbons (Fsp3) is 1.00. The van der Waals surface area contributed by atoms with E-state index in [-0.39, 0.29) is 0 Å². The lowest BCUT2D eigenvalue weighted by Crippen LogP contribution is -2.51. The zero-order chi connectivity index (χ0) is 9.28. The summed E-state index contributed by atoms with van der Waals surface area (Å²) in [7, 11) is 0. The molecule has 0 aromatic rings. The van der Waals surface area contributed by atoms with Crippen LogP contribution in [0, 0.1) is 5.92 Å². The molecule has 1 N–H and O–H groups in total. The first kappa shape index (κ1) is 10.8. The summed E-state index contributed by atoms with van der Waals surface area (Å²) in [6.45, 7) is 8.17. The number of nitrogens with one attached hydrogen (secondary N) is 1. The van der Waals surface area contributed by atoms with Crippen LogP contribution in [0.25, 0.3) is 0 Å². The quantitative estimate of drug-likeness (QED) is 0.620. The molecule has 0 atom stereocenters. The number of halogens is 2. The van der Waals surface area contributed by atoms with Crippen LogP contribution >= 0.6 is 0 Å². The lowest BCUT2D eigenvalue weighted by atomic mass is 10.1. The molecule has 0 saturated carbocycles. The predicted molar refractivity (Wildman–Crippen MR) is 42.7 cm³/mol. The summed E-state index contributed by atoms with van der Waals surface area (Å²) in [4.78, 5) is 0. The molecule has 11 heavy (non-hydrogen) atoms. The summed E-state index contributed by atoms with van der Waals surface area (Å²) in [6.07, 6.45) is 0. The summed E-state index contributed by atoms with van der Waals surface area (Å²) in [5.74, 6) is -0.665. The lowest BCUT2D eigenvalue weighted by molar-refractivity contribution is -0.0946. The van der Waals surface area contributed by atoms with E-state index in [4.69, 9.17) is 0 Å². The molecule has 1 nitrogen and oxygen atoms in total. The SMILES string of the molecule is CC(C)C(F)(F)NC(C)(C)C. The van der Waals surface area contributed by atoms with Crippen LogP contribution in [0.1, 0.15) is 34.6 Å². The molecule has 0 aromatic carbocycles. The Labute approximate surface area is 67.2 Å². The Kier molecular flexibility index (Phi) is 3.00. The van der Waals surface area contributed by atoms with Crippen molar-refractivity contribution in [3.05, 3.63) is 0 Å². The Morgan fingerprint density at radius 3 is 1.55 bits per heavy atom. The molecule has 0 aliphatic carbocycles. The minimum atomic E-state index is -2.77. The van der Waals surface area contributed by atoms with Gasteiger partial charge in [-0.3, -0.25) is 5.32 Å². The Hall–Kier alpha value is -0.180. The maximum absolute atomic E-state index is 12.9. The molecule has 0 heterocycles. The first-order valence-corrected chi connectivity index (χ1v) is 3.82. The standard InChI is InChI=1S/C8H17F2N/c1-6(2)8(9,10)11-7(3,4)5/h6,11H,1-5H3. The van der Waals surface area contributed by atoms with E-state index in [1.165, 1.54) is 13.8 Å². The third-order valence-corrected chi connectivity index (χ3v) is 1.27. The molecule has 0 aliphatic rings. The molecule has 0 rings (SSSR count). The minimum absolute atomic E-state index is 0.534. The second kappa shape index (κ2) is 3.05. The van der Waals surface area contributed by atoms with Crippen molar-refractivity contribution in [3.8, 4) is 0 Å². The van der Waals surface area contributed by atoms with Gasteiger partial charge in [0.25, 0.3) is 0 Å². The van der Waals surface area contributed by atoms with E-state index >= 15 is 0 Å². The van der Waals surface area contributed by atoms with Crippen LogP contribution in [-0.2, 0) is 0 Å². The average molecular weight is 165 g/mol. The molecule has 0 fully saturated rings. The van der Waals surface area contributed by atoms with Crippen LogP contribution in [0.5, 0.6) is 0 Å². The lowest BCUT2D eigenvalue weighted by Gasteiger charge is -2.30. The molecule has 0 radical (unpaired) electrons. The van der Waals surface area contributed by atoms with Gasteiger partial charge in [0.2, 0.25) is 0 Å². The Morgan fingerprint density at radius 1 is 1.09 bits per heavy atom. The van der Waals surface area contributed by atoms with Crippen LogP contribution in [0.2, 0.25) is 0 Å². The maximum Gasteiger partial charge on any atom is 0.305 e. The molecule has 0 amide bonds.